The molecule has 0 saturated carbocycles. The monoisotopic (exact) mass is 341 g/mol. The van der Waals surface area contributed by atoms with Gasteiger partial charge < -0.3 is 10.1 Å². The van der Waals surface area contributed by atoms with Crippen molar-refractivity contribution in [1.82, 2.24) is 9.97 Å². The smallest absolute Gasteiger partial charge is 0.163 e. The molecule has 0 saturated heterocycles. The second kappa shape index (κ2) is 6.32. The van der Waals surface area contributed by atoms with Crippen molar-refractivity contribution in [2.45, 2.75) is 6.61 Å². The van der Waals surface area contributed by atoms with Crippen LogP contribution in [0.25, 0.3) is 11.4 Å². The summed E-state index contributed by atoms with van der Waals surface area (Å²) in [6.07, 6.45) is 0. The molecule has 1 aromatic heterocycles. The van der Waals surface area contributed by atoms with Crippen LogP contribution in [0.2, 0.25) is 5.02 Å². The van der Waals surface area contributed by atoms with E-state index in [0.29, 0.717) is 23.3 Å². The van der Waals surface area contributed by atoms with Crippen LogP contribution in [0.3, 0.4) is 0 Å². The van der Waals surface area contributed by atoms with Gasteiger partial charge in [0.25, 0.3) is 0 Å². The quantitative estimate of drug-likeness (QED) is 0.919. The summed E-state index contributed by atoms with van der Waals surface area (Å²) in [5.41, 5.74) is 1.57. The van der Waals surface area contributed by atoms with Crippen LogP contribution in [0.15, 0.2) is 28.7 Å². The summed E-state index contributed by atoms with van der Waals surface area (Å²) in [6, 6.07) is 7.49. The van der Waals surface area contributed by atoms with Crippen molar-refractivity contribution in [3.8, 4) is 11.4 Å². The van der Waals surface area contributed by atoms with Gasteiger partial charge in [0, 0.05) is 19.7 Å². The molecular formula is C13H13BrClN3O. The van der Waals surface area contributed by atoms with Gasteiger partial charge in [-0.1, -0.05) is 23.7 Å². The van der Waals surface area contributed by atoms with Gasteiger partial charge in [0.2, 0.25) is 0 Å². The number of nitrogens with zero attached hydrogens (tertiary/aromatic N) is 2. The molecule has 1 N–H and O–H groups in total. The van der Waals surface area contributed by atoms with Crippen LogP contribution in [0.5, 0.6) is 0 Å². The van der Waals surface area contributed by atoms with Crippen LogP contribution in [-0.2, 0) is 11.3 Å². The molecule has 0 amide bonds. The predicted molar refractivity (Wildman–Crippen MR) is 80.4 cm³/mol. The van der Waals surface area contributed by atoms with E-state index in [9.17, 15) is 0 Å². The topological polar surface area (TPSA) is 47.0 Å². The number of hydrogen-bond donors (Lipinski definition) is 1. The molecule has 0 unspecified atom stereocenters. The zero-order valence-corrected chi connectivity index (χ0v) is 12.9. The van der Waals surface area contributed by atoms with Gasteiger partial charge in [-0.15, -0.1) is 0 Å². The largest absolute Gasteiger partial charge is 0.378 e. The molecule has 2 rings (SSSR count). The molecule has 0 bridgehead atoms. The number of hydrogen-bond acceptors (Lipinski definition) is 4. The van der Waals surface area contributed by atoms with E-state index in [1.807, 2.05) is 24.3 Å². The lowest BCUT2D eigenvalue weighted by atomic mass is 10.2. The maximum absolute atomic E-state index is 6.18. The summed E-state index contributed by atoms with van der Waals surface area (Å²) in [5, 5.41) is 3.65. The highest BCUT2D eigenvalue weighted by atomic mass is 79.9. The standard InChI is InChI=1S/C13H13BrClN3O/c1-16-13-11(14)10(7-19-2)17-12(18-13)8-5-3-4-6-9(8)15/h3-6H,7H2,1-2H3,(H,16,17,18). The predicted octanol–water partition coefficient (Wildman–Crippen LogP) is 3.75. The normalized spacial score (nSPS) is 10.5. The minimum absolute atomic E-state index is 0.398. The molecule has 4 nitrogen and oxygen atoms in total. The van der Waals surface area contributed by atoms with Crippen molar-refractivity contribution in [2.75, 3.05) is 19.5 Å². The number of ether oxygens (including phenoxy) is 1. The Hall–Kier alpha value is -1.17. The molecular weight excluding hydrogens is 330 g/mol. The van der Waals surface area contributed by atoms with Crippen LogP contribution in [-0.4, -0.2) is 24.1 Å². The lowest BCUT2D eigenvalue weighted by Crippen LogP contribution is -2.04. The molecule has 1 heterocycles. The fraction of sp³-hybridized carbons (Fsp3) is 0.231. The summed E-state index contributed by atoms with van der Waals surface area (Å²) in [5.74, 6) is 1.28. The van der Waals surface area contributed by atoms with Crippen molar-refractivity contribution < 1.29 is 4.74 Å². The Morgan fingerprint density at radius 1 is 1.32 bits per heavy atom. The zero-order valence-electron chi connectivity index (χ0n) is 10.6. The Bertz CT molecular complexity index is 592. The SMILES string of the molecule is CNc1nc(-c2ccccc2Cl)nc(COC)c1Br. The number of aromatic nitrogens is 2. The van der Waals surface area contributed by atoms with Crippen LogP contribution < -0.4 is 5.32 Å². The summed E-state index contributed by atoms with van der Waals surface area (Å²) in [4.78, 5) is 8.95. The van der Waals surface area contributed by atoms with E-state index in [4.69, 9.17) is 16.3 Å². The highest BCUT2D eigenvalue weighted by molar-refractivity contribution is 9.10. The van der Waals surface area contributed by atoms with Gasteiger partial charge >= 0.3 is 0 Å². The van der Waals surface area contributed by atoms with Crippen LogP contribution >= 0.6 is 27.5 Å². The number of methoxy groups -OCH3 is 1. The molecule has 0 spiro atoms. The van der Waals surface area contributed by atoms with Gasteiger partial charge in [-0.05, 0) is 28.1 Å². The third-order valence-electron chi connectivity index (χ3n) is 2.55. The maximum Gasteiger partial charge on any atom is 0.163 e. The average molecular weight is 343 g/mol. The first-order valence-corrected chi connectivity index (χ1v) is 6.82. The second-order valence-corrected chi connectivity index (χ2v) is 5.02. The third kappa shape index (κ3) is 3.05. The Labute approximate surface area is 125 Å². The molecule has 0 aliphatic heterocycles. The number of halogens is 2. The van der Waals surface area contributed by atoms with E-state index in [-0.39, 0.29) is 0 Å². The first-order chi connectivity index (χ1) is 9.17. The van der Waals surface area contributed by atoms with E-state index >= 15 is 0 Å². The Morgan fingerprint density at radius 3 is 2.68 bits per heavy atom. The van der Waals surface area contributed by atoms with Crippen LogP contribution in [0.1, 0.15) is 5.69 Å². The van der Waals surface area contributed by atoms with E-state index in [1.54, 1.807) is 14.2 Å². The fourth-order valence-electron chi connectivity index (χ4n) is 1.65. The molecule has 0 aliphatic rings. The molecule has 0 fully saturated rings. The molecule has 0 radical (unpaired) electrons. The zero-order chi connectivity index (χ0) is 13.8. The summed E-state index contributed by atoms with van der Waals surface area (Å²) in [7, 11) is 3.43. The van der Waals surface area contributed by atoms with E-state index in [1.165, 1.54) is 0 Å². The van der Waals surface area contributed by atoms with Crippen LogP contribution in [0, 0.1) is 0 Å². The summed E-state index contributed by atoms with van der Waals surface area (Å²) >= 11 is 9.65. The fourth-order valence-corrected chi connectivity index (χ4v) is 2.36. The lowest BCUT2D eigenvalue weighted by Gasteiger charge is -2.11. The van der Waals surface area contributed by atoms with Gasteiger partial charge in [-0.2, -0.15) is 0 Å². The highest BCUT2D eigenvalue weighted by Crippen LogP contribution is 2.30. The average Bonchev–Trinajstić information content (AvgIpc) is 2.42. The first-order valence-electron chi connectivity index (χ1n) is 5.65. The number of nitrogens with one attached hydrogen (secondary N) is 1. The van der Waals surface area contributed by atoms with E-state index in [2.05, 4.69) is 31.2 Å². The minimum atomic E-state index is 0.398. The number of rotatable bonds is 4. The summed E-state index contributed by atoms with van der Waals surface area (Å²) < 4.78 is 5.95. The van der Waals surface area contributed by atoms with Gasteiger partial charge in [-0.25, -0.2) is 9.97 Å². The van der Waals surface area contributed by atoms with Crippen LogP contribution in [0.4, 0.5) is 5.82 Å². The second-order valence-electron chi connectivity index (χ2n) is 3.82. The van der Waals surface area contributed by atoms with Crippen molar-refractivity contribution >= 4 is 33.3 Å². The van der Waals surface area contributed by atoms with Gasteiger partial charge in [-0.3, -0.25) is 0 Å². The van der Waals surface area contributed by atoms with Crippen molar-refractivity contribution in [3.05, 3.63) is 39.5 Å². The van der Waals surface area contributed by atoms with E-state index < -0.39 is 0 Å². The first kappa shape index (κ1) is 14.2. The molecule has 19 heavy (non-hydrogen) atoms. The Kier molecular flexibility index (Phi) is 4.74. The maximum atomic E-state index is 6.18. The Morgan fingerprint density at radius 2 is 2.05 bits per heavy atom. The highest BCUT2D eigenvalue weighted by Gasteiger charge is 2.14. The van der Waals surface area contributed by atoms with Gasteiger partial charge in [0.15, 0.2) is 5.82 Å². The molecule has 6 heteroatoms. The van der Waals surface area contributed by atoms with Gasteiger partial charge in [0.1, 0.15) is 5.82 Å². The lowest BCUT2D eigenvalue weighted by molar-refractivity contribution is 0.181. The number of benzene rings is 1. The van der Waals surface area contributed by atoms with Crippen molar-refractivity contribution in [2.24, 2.45) is 0 Å². The molecule has 2 aromatic rings. The van der Waals surface area contributed by atoms with E-state index in [0.717, 1.165) is 15.7 Å². The molecule has 100 valence electrons. The molecule has 0 atom stereocenters. The number of anilines is 1. The molecule has 0 aliphatic carbocycles. The molecule has 1 aromatic carbocycles. The Balaban J connectivity index is 2.58. The summed E-state index contributed by atoms with van der Waals surface area (Å²) in [6.45, 7) is 0.398. The van der Waals surface area contributed by atoms with Crippen molar-refractivity contribution in [3.63, 3.8) is 0 Å². The third-order valence-corrected chi connectivity index (χ3v) is 3.72. The van der Waals surface area contributed by atoms with Gasteiger partial charge in [0.05, 0.1) is 21.8 Å². The van der Waals surface area contributed by atoms with Crippen molar-refractivity contribution in [1.29, 1.82) is 0 Å². The minimum Gasteiger partial charge on any atom is -0.378 e.